The van der Waals surface area contributed by atoms with Crippen LogP contribution in [0.3, 0.4) is 0 Å². The summed E-state index contributed by atoms with van der Waals surface area (Å²) < 4.78 is 24.0. The van der Waals surface area contributed by atoms with Gasteiger partial charge in [0.05, 0.1) is 19.3 Å². The van der Waals surface area contributed by atoms with Crippen molar-refractivity contribution >= 4 is 42.6 Å². The van der Waals surface area contributed by atoms with Crippen LogP contribution in [0.15, 0.2) is 0 Å². The predicted molar refractivity (Wildman–Crippen MR) is 109 cm³/mol. The van der Waals surface area contributed by atoms with Crippen molar-refractivity contribution in [2.45, 2.75) is 45.4 Å². The van der Waals surface area contributed by atoms with Gasteiger partial charge in [-0.3, -0.25) is 9.59 Å². The maximum absolute atomic E-state index is 13.6. The molecule has 2 amide bonds. The Balaban J connectivity index is 3.43. The molecule has 0 spiro atoms. The van der Waals surface area contributed by atoms with Gasteiger partial charge in [-0.25, -0.2) is 4.39 Å². The van der Waals surface area contributed by atoms with E-state index in [2.05, 4.69) is 22.3 Å². The summed E-state index contributed by atoms with van der Waals surface area (Å²) >= 11 is 4.12. The molecule has 0 rings (SSSR count). The molecule has 0 heterocycles. The number of rotatable bonds is 14. The van der Waals surface area contributed by atoms with Gasteiger partial charge in [0.15, 0.2) is 0 Å². The van der Waals surface area contributed by atoms with Crippen molar-refractivity contribution in [2.75, 3.05) is 39.2 Å². The number of alkyl halides is 1. The smallest absolute Gasteiger partial charge is 0.276 e. The normalized spacial score (nSPS) is 14.2. The highest BCUT2D eigenvalue weighted by Crippen LogP contribution is 2.42. The number of thiol groups is 2. The van der Waals surface area contributed by atoms with Crippen molar-refractivity contribution in [2.24, 2.45) is 0 Å². The minimum Gasteiger partial charge on any atom is -0.378 e. The minimum absolute atomic E-state index is 0.0344. The molecule has 25 heavy (non-hydrogen) atoms. The lowest BCUT2D eigenvalue weighted by molar-refractivity contribution is -0.127. The van der Waals surface area contributed by atoms with Crippen molar-refractivity contribution in [3.63, 3.8) is 0 Å². The summed E-state index contributed by atoms with van der Waals surface area (Å²) in [5, 5.41) is 5.07. The van der Waals surface area contributed by atoms with Crippen LogP contribution >= 0.6 is 31.4 Å². The van der Waals surface area contributed by atoms with Gasteiger partial charge in [-0.2, -0.15) is 0 Å². The lowest BCUT2D eigenvalue weighted by atomic mass is 10.2. The van der Waals surface area contributed by atoms with E-state index >= 15 is 0 Å². The number of nitrogens with one attached hydrogen (secondary N) is 2. The van der Waals surface area contributed by atoms with Crippen LogP contribution in [0.2, 0.25) is 0 Å². The first-order valence-electron chi connectivity index (χ1n) is 8.27. The third-order valence-corrected chi connectivity index (χ3v) is 7.36. The van der Waals surface area contributed by atoms with Crippen molar-refractivity contribution in [3.05, 3.63) is 0 Å². The van der Waals surface area contributed by atoms with Crippen molar-refractivity contribution < 1.29 is 23.5 Å². The van der Waals surface area contributed by atoms with Crippen LogP contribution < -0.4 is 10.6 Å². The summed E-state index contributed by atoms with van der Waals surface area (Å²) in [5.74, 6) is -0.112. The van der Waals surface area contributed by atoms with Crippen LogP contribution in [0, 0.1) is 0 Å². The topological polar surface area (TPSA) is 76.7 Å². The van der Waals surface area contributed by atoms with Gasteiger partial charge in [0.25, 0.3) is 5.24 Å². The third-order valence-electron chi connectivity index (χ3n) is 2.96. The first kappa shape index (κ1) is 24.8. The predicted octanol–water partition coefficient (Wildman–Crippen LogP) is 2.89. The van der Waals surface area contributed by atoms with Crippen LogP contribution in [0.4, 0.5) is 9.18 Å². The summed E-state index contributed by atoms with van der Waals surface area (Å²) in [6, 6.07) is 0. The Morgan fingerprint density at radius 3 is 2.60 bits per heavy atom. The van der Waals surface area contributed by atoms with E-state index in [4.69, 9.17) is 9.47 Å². The molecule has 0 aromatic heterocycles. The minimum atomic E-state index is -1.22. The molecule has 0 radical (unpaired) electrons. The van der Waals surface area contributed by atoms with Gasteiger partial charge >= 0.3 is 0 Å². The zero-order valence-corrected chi connectivity index (χ0v) is 17.7. The second-order valence-corrected chi connectivity index (χ2v) is 11.1. The number of carbonyl (C=O) groups excluding carboxylic acids is 2. The summed E-state index contributed by atoms with van der Waals surface area (Å²) in [5.41, 5.74) is 0. The second-order valence-electron chi connectivity index (χ2n) is 5.58. The number of carbonyl (C=O) groups is 2. The molecular formula is C15H31FN2O4S3. The first-order valence-corrected chi connectivity index (χ1v) is 12.6. The number of amides is 2. The van der Waals surface area contributed by atoms with Crippen LogP contribution in [0.5, 0.6) is 0 Å². The highest BCUT2D eigenvalue weighted by atomic mass is 33.5. The van der Waals surface area contributed by atoms with Crippen molar-refractivity contribution in [3.8, 4) is 0 Å². The summed E-state index contributed by atoms with van der Waals surface area (Å²) in [4.78, 5) is 22.8. The van der Waals surface area contributed by atoms with Gasteiger partial charge in [-0.15, -0.1) is 22.5 Å². The Bertz CT molecular complexity index is 379. The van der Waals surface area contributed by atoms with E-state index in [1.165, 1.54) is 10.8 Å². The molecular weight excluding hydrogens is 387 g/mol. The average molecular weight is 419 g/mol. The molecule has 10 heteroatoms. The quantitative estimate of drug-likeness (QED) is 0.198. The molecule has 0 saturated carbocycles. The Labute approximate surface area is 161 Å². The zero-order valence-electron chi connectivity index (χ0n) is 15.1. The van der Waals surface area contributed by atoms with Crippen molar-refractivity contribution in [1.82, 2.24) is 10.6 Å². The Kier molecular flexibility index (Phi) is 15.9. The molecule has 0 fully saturated rings. The fourth-order valence-corrected chi connectivity index (χ4v) is 2.94. The monoisotopic (exact) mass is 418 g/mol. The highest BCUT2D eigenvalue weighted by Gasteiger charge is 2.12. The van der Waals surface area contributed by atoms with Crippen LogP contribution in [0.25, 0.3) is 0 Å². The summed E-state index contributed by atoms with van der Waals surface area (Å²) in [6.45, 7) is 4.82. The SMILES string of the molecule is CS[SH](S)C(=O)NCC(F)COCCCCCNC(=O)COC(C)C. The molecule has 150 valence electrons. The lowest BCUT2D eigenvalue weighted by Gasteiger charge is -2.14. The lowest BCUT2D eigenvalue weighted by Crippen LogP contribution is -2.30. The van der Waals surface area contributed by atoms with Gasteiger partial charge in [0.1, 0.15) is 12.8 Å². The largest absolute Gasteiger partial charge is 0.378 e. The molecule has 2 unspecified atom stereocenters. The third kappa shape index (κ3) is 15.8. The second kappa shape index (κ2) is 16.0. The Morgan fingerprint density at radius 2 is 1.96 bits per heavy atom. The molecule has 0 bridgehead atoms. The highest BCUT2D eigenvalue weighted by molar-refractivity contribution is 9.18. The molecule has 0 saturated heterocycles. The molecule has 2 atom stereocenters. The zero-order chi connectivity index (χ0) is 19.1. The van der Waals surface area contributed by atoms with Crippen LogP contribution in [0.1, 0.15) is 33.1 Å². The Morgan fingerprint density at radius 1 is 1.24 bits per heavy atom. The maximum Gasteiger partial charge on any atom is 0.276 e. The molecule has 0 aliphatic heterocycles. The van der Waals surface area contributed by atoms with Gasteiger partial charge in [-0.1, -0.05) is 8.96 Å². The molecule has 0 aliphatic rings. The van der Waals surface area contributed by atoms with E-state index in [1.807, 2.05) is 13.8 Å². The number of ether oxygens (including phenoxy) is 2. The number of halogens is 1. The standard InChI is InChI=1S/C15H31FN2O4S3/c1-12(2)22-11-14(19)17-7-5-4-6-8-21-10-13(16)9-18-15(20)25(23)24-3/h12-13,23,25H,4-11H2,1-3H3,(H,17,19)(H,18,20). The molecule has 0 aliphatic carbocycles. The average Bonchev–Trinajstić information content (AvgIpc) is 2.59. The van der Waals surface area contributed by atoms with Crippen molar-refractivity contribution in [1.29, 1.82) is 0 Å². The molecule has 0 aromatic rings. The maximum atomic E-state index is 13.6. The van der Waals surface area contributed by atoms with Gasteiger partial charge in [-0.05, 0) is 39.4 Å². The molecule has 2 N–H and O–H groups in total. The summed E-state index contributed by atoms with van der Waals surface area (Å²) in [6.07, 6.45) is 3.14. The van der Waals surface area contributed by atoms with Crippen LogP contribution in [-0.4, -0.2) is 62.6 Å². The van der Waals surface area contributed by atoms with E-state index < -0.39 is 15.1 Å². The number of hydrogen-bond donors (Lipinski definition) is 4. The van der Waals surface area contributed by atoms with E-state index in [-0.39, 0.29) is 37.0 Å². The first-order chi connectivity index (χ1) is 11.9. The summed E-state index contributed by atoms with van der Waals surface area (Å²) in [7, 11) is 0.261. The van der Waals surface area contributed by atoms with E-state index in [1.54, 1.807) is 6.26 Å². The molecule has 6 nitrogen and oxygen atoms in total. The van der Waals surface area contributed by atoms with E-state index in [9.17, 15) is 14.0 Å². The van der Waals surface area contributed by atoms with Gasteiger partial charge < -0.3 is 20.1 Å². The fourth-order valence-electron chi connectivity index (χ4n) is 1.65. The number of hydrogen-bond acceptors (Lipinski definition) is 6. The fraction of sp³-hybridized carbons (Fsp3) is 0.867. The van der Waals surface area contributed by atoms with Gasteiger partial charge in [0.2, 0.25) is 5.91 Å². The van der Waals surface area contributed by atoms with Gasteiger partial charge in [0, 0.05) is 13.2 Å². The molecule has 0 aromatic carbocycles. The van der Waals surface area contributed by atoms with Crippen LogP contribution in [-0.2, 0) is 14.3 Å². The Hall–Kier alpha value is -0.160. The number of unbranched alkanes of at least 4 members (excludes halogenated alkanes) is 2. The van der Waals surface area contributed by atoms with E-state index in [0.29, 0.717) is 13.2 Å². The van der Waals surface area contributed by atoms with E-state index in [0.717, 1.165) is 19.3 Å².